The first-order chi connectivity index (χ1) is 17.2. The monoisotopic (exact) mass is 510 g/mol. The second-order valence-electron chi connectivity index (χ2n) is 11.9. The fourth-order valence-corrected chi connectivity index (χ4v) is 6.32. The lowest BCUT2D eigenvalue weighted by Crippen LogP contribution is -2.45. The second-order valence-corrected chi connectivity index (χ2v) is 11.9. The average Bonchev–Trinajstić information content (AvgIpc) is 2.84. The molecule has 0 aliphatic carbocycles. The van der Waals surface area contributed by atoms with E-state index in [4.69, 9.17) is 5.11 Å². The summed E-state index contributed by atoms with van der Waals surface area (Å²) in [6, 6.07) is 0. The van der Waals surface area contributed by atoms with Gasteiger partial charge in [-0.05, 0) is 49.4 Å². The van der Waals surface area contributed by atoms with Gasteiger partial charge in [-0.15, -0.1) is 0 Å². The Morgan fingerprint density at radius 3 is 1.61 bits per heavy atom. The molecular weight excluding hydrogens is 448 g/mol. The van der Waals surface area contributed by atoms with Gasteiger partial charge in [-0.2, -0.15) is 0 Å². The molecule has 0 aromatic carbocycles. The molecule has 4 nitrogen and oxygen atoms in total. The van der Waals surface area contributed by atoms with E-state index in [1.807, 2.05) is 0 Å². The maximum atomic E-state index is 13.2. The van der Waals surface area contributed by atoms with Crippen LogP contribution < -0.4 is 0 Å². The smallest absolute Gasteiger partial charge is 0.310 e. The molecule has 0 saturated carbocycles. The summed E-state index contributed by atoms with van der Waals surface area (Å²) in [5.74, 6) is 0.236. The summed E-state index contributed by atoms with van der Waals surface area (Å²) in [7, 11) is 0. The van der Waals surface area contributed by atoms with Crippen LogP contribution in [0.5, 0.6) is 0 Å². The van der Waals surface area contributed by atoms with Gasteiger partial charge < -0.3 is 10.2 Å². The molecule has 0 bridgehead atoms. The third-order valence-electron chi connectivity index (χ3n) is 8.93. The topological polar surface area (TPSA) is 74.6 Å². The van der Waals surface area contributed by atoms with Crippen molar-refractivity contribution in [3.63, 3.8) is 0 Å². The molecule has 2 N–H and O–H groups in total. The molecule has 4 atom stereocenters. The highest BCUT2D eigenvalue weighted by molar-refractivity contribution is 5.75. The third-order valence-corrected chi connectivity index (χ3v) is 8.93. The molecule has 214 valence electrons. The average molecular weight is 511 g/mol. The summed E-state index contributed by atoms with van der Waals surface area (Å²) >= 11 is 0. The van der Waals surface area contributed by atoms with E-state index >= 15 is 0 Å². The predicted molar refractivity (Wildman–Crippen MR) is 153 cm³/mol. The molecule has 36 heavy (non-hydrogen) atoms. The molecule has 4 heteroatoms. The highest BCUT2D eigenvalue weighted by atomic mass is 16.4. The van der Waals surface area contributed by atoms with Gasteiger partial charge >= 0.3 is 11.9 Å². The van der Waals surface area contributed by atoms with Crippen LogP contribution in [0, 0.1) is 29.1 Å². The fraction of sp³-hybridized carbons (Fsp3) is 0.938. The van der Waals surface area contributed by atoms with Gasteiger partial charge in [-0.3, -0.25) is 9.59 Å². The van der Waals surface area contributed by atoms with E-state index in [2.05, 4.69) is 41.5 Å². The molecular formula is C32H62O4. The first-order valence-electron chi connectivity index (χ1n) is 15.6. The molecule has 0 saturated heterocycles. The van der Waals surface area contributed by atoms with Crippen molar-refractivity contribution in [2.24, 2.45) is 29.1 Å². The molecule has 0 aliphatic heterocycles. The zero-order valence-electron chi connectivity index (χ0n) is 25.0. The molecule has 0 heterocycles. The maximum Gasteiger partial charge on any atom is 0.310 e. The number of unbranched alkanes of at least 4 members (excludes halogenated alkanes) is 8. The lowest BCUT2D eigenvalue weighted by atomic mass is 9.59. The molecule has 0 rings (SSSR count). The van der Waals surface area contributed by atoms with Crippen molar-refractivity contribution in [3.05, 3.63) is 0 Å². The van der Waals surface area contributed by atoms with Crippen LogP contribution in [-0.2, 0) is 9.59 Å². The van der Waals surface area contributed by atoms with Gasteiger partial charge in [-0.25, -0.2) is 0 Å². The fourth-order valence-electron chi connectivity index (χ4n) is 6.32. The van der Waals surface area contributed by atoms with Crippen molar-refractivity contribution >= 4 is 11.9 Å². The van der Waals surface area contributed by atoms with Crippen LogP contribution in [0.1, 0.15) is 164 Å². The summed E-state index contributed by atoms with van der Waals surface area (Å²) in [4.78, 5) is 23.8. The maximum absolute atomic E-state index is 13.2. The molecule has 0 radical (unpaired) electrons. The summed E-state index contributed by atoms with van der Waals surface area (Å²) < 4.78 is 0. The van der Waals surface area contributed by atoms with Gasteiger partial charge in [0.2, 0.25) is 0 Å². The third kappa shape index (κ3) is 13.5. The summed E-state index contributed by atoms with van der Waals surface area (Å²) in [5, 5.41) is 19.6. The van der Waals surface area contributed by atoms with E-state index in [9.17, 15) is 14.7 Å². The standard InChI is InChI=1S/C32H62O4/c1-7-11-20-27(9-3)24-29(22-18-16-14-13-15-17-19-23-30(33)34)32(26(5)6,31(35)36)25-28(10-4)21-12-8-2/h26-29H,7-25H2,1-6H3,(H,33,34)(H,35,36). The van der Waals surface area contributed by atoms with E-state index in [0.717, 1.165) is 77.0 Å². The molecule has 0 aromatic rings. The van der Waals surface area contributed by atoms with E-state index in [-0.39, 0.29) is 18.3 Å². The van der Waals surface area contributed by atoms with E-state index < -0.39 is 17.4 Å². The Kier molecular flexibility index (Phi) is 20.3. The number of rotatable bonds is 25. The van der Waals surface area contributed by atoms with Gasteiger partial charge in [0.25, 0.3) is 0 Å². The Hall–Kier alpha value is -1.06. The van der Waals surface area contributed by atoms with E-state index in [1.54, 1.807) is 0 Å². The van der Waals surface area contributed by atoms with Crippen LogP contribution >= 0.6 is 0 Å². The van der Waals surface area contributed by atoms with Crippen LogP contribution in [0.15, 0.2) is 0 Å². The Morgan fingerprint density at radius 2 is 1.17 bits per heavy atom. The Bertz CT molecular complexity index is 558. The van der Waals surface area contributed by atoms with Crippen molar-refractivity contribution in [1.29, 1.82) is 0 Å². The lowest BCUT2D eigenvalue weighted by molar-refractivity contribution is -0.160. The van der Waals surface area contributed by atoms with Gasteiger partial charge in [0.05, 0.1) is 5.41 Å². The number of carbonyl (C=O) groups is 2. The van der Waals surface area contributed by atoms with Crippen molar-refractivity contribution in [2.45, 2.75) is 164 Å². The SMILES string of the molecule is CCCCC(CC)CC(CCCCCCCCCC(=O)O)C(CC(CC)CCCC)(C(=O)O)C(C)C. The zero-order chi connectivity index (χ0) is 27.4. The van der Waals surface area contributed by atoms with Gasteiger partial charge in [0, 0.05) is 6.42 Å². The minimum atomic E-state index is -0.697. The summed E-state index contributed by atoms with van der Waals surface area (Å²) in [6.07, 6.45) is 20.1. The molecule has 0 amide bonds. The van der Waals surface area contributed by atoms with Crippen molar-refractivity contribution in [2.75, 3.05) is 0 Å². The van der Waals surface area contributed by atoms with Crippen molar-refractivity contribution in [1.82, 2.24) is 0 Å². The number of hydrogen-bond acceptors (Lipinski definition) is 2. The Morgan fingerprint density at radius 1 is 0.667 bits per heavy atom. The molecule has 0 aliphatic rings. The second kappa shape index (κ2) is 20.9. The van der Waals surface area contributed by atoms with Crippen LogP contribution in [-0.4, -0.2) is 22.2 Å². The number of carboxylic acid groups (broad SMARTS) is 2. The number of aliphatic carboxylic acids is 2. The Labute approximate surface area is 224 Å². The van der Waals surface area contributed by atoms with Crippen LogP contribution in [0.3, 0.4) is 0 Å². The molecule has 4 unspecified atom stereocenters. The highest BCUT2D eigenvalue weighted by Gasteiger charge is 2.49. The minimum Gasteiger partial charge on any atom is -0.481 e. The lowest BCUT2D eigenvalue weighted by Gasteiger charge is -2.44. The van der Waals surface area contributed by atoms with Crippen molar-refractivity contribution in [3.8, 4) is 0 Å². The van der Waals surface area contributed by atoms with Crippen LogP contribution in [0.25, 0.3) is 0 Å². The highest BCUT2D eigenvalue weighted by Crippen LogP contribution is 2.49. The quantitative estimate of drug-likeness (QED) is 0.120. The number of carboxylic acids is 2. The molecule has 0 aromatic heterocycles. The van der Waals surface area contributed by atoms with Gasteiger partial charge in [0.15, 0.2) is 0 Å². The molecule has 0 spiro atoms. The van der Waals surface area contributed by atoms with Crippen LogP contribution in [0.2, 0.25) is 0 Å². The largest absolute Gasteiger partial charge is 0.481 e. The van der Waals surface area contributed by atoms with Gasteiger partial charge in [-0.1, -0.05) is 131 Å². The minimum absolute atomic E-state index is 0.133. The van der Waals surface area contributed by atoms with E-state index in [0.29, 0.717) is 11.8 Å². The molecule has 0 fully saturated rings. The first-order valence-corrected chi connectivity index (χ1v) is 15.6. The Balaban J connectivity index is 5.46. The van der Waals surface area contributed by atoms with E-state index in [1.165, 1.54) is 38.5 Å². The van der Waals surface area contributed by atoms with Crippen molar-refractivity contribution < 1.29 is 19.8 Å². The van der Waals surface area contributed by atoms with Crippen LogP contribution in [0.4, 0.5) is 0 Å². The predicted octanol–water partition coefficient (Wildman–Crippen LogP) is 10.1. The summed E-state index contributed by atoms with van der Waals surface area (Å²) in [5.41, 5.74) is -0.634. The normalized spacial score (nSPS) is 16.0. The zero-order valence-corrected chi connectivity index (χ0v) is 25.0. The van der Waals surface area contributed by atoms with Gasteiger partial charge in [0.1, 0.15) is 0 Å². The number of hydrogen-bond donors (Lipinski definition) is 2. The summed E-state index contributed by atoms with van der Waals surface area (Å²) in [6.45, 7) is 13.3. The first kappa shape index (κ1) is 34.9.